The number of carboxylic acids is 1. The summed E-state index contributed by atoms with van der Waals surface area (Å²) in [6.45, 7) is 4.58. The molecule has 1 aromatic rings. The van der Waals surface area contributed by atoms with Gasteiger partial charge in [-0.15, -0.1) is 6.58 Å². The van der Waals surface area contributed by atoms with Crippen LogP contribution < -0.4 is 0 Å². The lowest BCUT2D eigenvalue weighted by Gasteiger charge is -2.31. The molecule has 0 aromatic heterocycles. The number of aliphatic carboxylic acids is 1. The molecule has 2 atom stereocenters. The highest BCUT2D eigenvalue weighted by Crippen LogP contribution is 2.22. The molecule has 1 aliphatic rings. The maximum Gasteiger partial charge on any atom is 0.334 e. The Hall–Kier alpha value is -2.14. The van der Waals surface area contributed by atoms with Gasteiger partial charge < -0.3 is 14.7 Å². The predicted molar refractivity (Wildman–Crippen MR) is 78.0 cm³/mol. The van der Waals surface area contributed by atoms with Crippen molar-refractivity contribution >= 4 is 11.9 Å². The molecule has 0 spiro atoms. The van der Waals surface area contributed by atoms with Gasteiger partial charge >= 0.3 is 5.97 Å². The molecule has 2 rings (SSSR count). The molecule has 5 nitrogen and oxygen atoms in total. The van der Waals surface area contributed by atoms with Crippen LogP contribution in [0.3, 0.4) is 0 Å². The number of hydrogen-bond acceptors (Lipinski definition) is 3. The highest BCUT2D eigenvalue weighted by atomic mass is 16.5. The summed E-state index contributed by atoms with van der Waals surface area (Å²) >= 11 is 0. The van der Waals surface area contributed by atoms with E-state index in [9.17, 15) is 9.59 Å². The van der Waals surface area contributed by atoms with E-state index in [-0.39, 0.29) is 25.0 Å². The summed E-state index contributed by atoms with van der Waals surface area (Å²) in [5, 5.41) is 8.96. The smallest absolute Gasteiger partial charge is 0.334 e. The average molecular weight is 289 g/mol. The predicted octanol–water partition coefficient (Wildman–Crippen LogP) is 1.66. The van der Waals surface area contributed by atoms with Gasteiger partial charge in [-0.3, -0.25) is 4.79 Å². The van der Waals surface area contributed by atoms with E-state index in [0.717, 1.165) is 5.56 Å². The van der Waals surface area contributed by atoms with E-state index in [2.05, 4.69) is 6.58 Å². The highest BCUT2D eigenvalue weighted by molar-refractivity contribution is 5.79. The number of carbonyl (C=O) groups excluding carboxylic acids is 1. The van der Waals surface area contributed by atoms with Crippen molar-refractivity contribution in [2.75, 3.05) is 19.7 Å². The van der Waals surface area contributed by atoms with Crippen LogP contribution >= 0.6 is 0 Å². The Morgan fingerprint density at radius 1 is 1.43 bits per heavy atom. The lowest BCUT2D eigenvalue weighted by Crippen LogP contribution is -2.48. The van der Waals surface area contributed by atoms with Crippen molar-refractivity contribution in [3.05, 3.63) is 48.6 Å². The van der Waals surface area contributed by atoms with Gasteiger partial charge in [0.05, 0.1) is 13.2 Å². The van der Waals surface area contributed by atoms with Crippen molar-refractivity contribution in [3.8, 4) is 0 Å². The van der Waals surface area contributed by atoms with E-state index in [0.29, 0.717) is 13.0 Å². The number of nitrogens with zero attached hydrogens (tertiary/aromatic N) is 1. The molecule has 1 N–H and O–H groups in total. The largest absolute Gasteiger partial charge is 0.479 e. The van der Waals surface area contributed by atoms with Gasteiger partial charge in [0.15, 0.2) is 6.10 Å². The Kier molecular flexibility index (Phi) is 5.11. The zero-order valence-corrected chi connectivity index (χ0v) is 11.8. The third-order valence-corrected chi connectivity index (χ3v) is 3.60. The first-order valence-corrected chi connectivity index (χ1v) is 6.91. The molecule has 1 fully saturated rings. The molecule has 1 aliphatic heterocycles. The number of rotatable bonds is 5. The summed E-state index contributed by atoms with van der Waals surface area (Å²) in [7, 11) is 0. The van der Waals surface area contributed by atoms with Crippen LogP contribution in [-0.4, -0.2) is 47.7 Å². The standard InChI is InChI=1S/C16H19NO4/c1-2-12(13-6-4-3-5-7-13)10-15(18)17-8-9-21-14(11-17)16(19)20/h2-7,12,14H,1,8-11H2,(H,19,20). The third kappa shape index (κ3) is 3.92. The zero-order chi connectivity index (χ0) is 15.2. The van der Waals surface area contributed by atoms with Crippen molar-refractivity contribution in [2.24, 2.45) is 0 Å². The van der Waals surface area contributed by atoms with E-state index >= 15 is 0 Å². The Balaban J connectivity index is 1.99. The van der Waals surface area contributed by atoms with E-state index in [1.807, 2.05) is 30.3 Å². The van der Waals surface area contributed by atoms with Gasteiger partial charge in [-0.2, -0.15) is 0 Å². The minimum Gasteiger partial charge on any atom is -0.479 e. The van der Waals surface area contributed by atoms with Gasteiger partial charge in [-0.25, -0.2) is 4.79 Å². The monoisotopic (exact) mass is 289 g/mol. The molecule has 1 aromatic carbocycles. The quantitative estimate of drug-likeness (QED) is 0.837. The van der Waals surface area contributed by atoms with E-state index in [1.165, 1.54) is 0 Å². The van der Waals surface area contributed by atoms with Crippen molar-refractivity contribution in [1.82, 2.24) is 4.90 Å². The molecular weight excluding hydrogens is 270 g/mol. The lowest BCUT2D eigenvalue weighted by molar-refractivity contribution is -0.159. The van der Waals surface area contributed by atoms with Crippen molar-refractivity contribution in [1.29, 1.82) is 0 Å². The summed E-state index contributed by atoms with van der Waals surface area (Å²) in [5.74, 6) is -1.17. The molecule has 0 saturated carbocycles. The fraction of sp³-hybridized carbons (Fsp3) is 0.375. The van der Waals surface area contributed by atoms with Gasteiger partial charge in [0.25, 0.3) is 0 Å². The van der Waals surface area contributed by atoms with E-state index in [4.69, 9.17) is 9.84 Å². The van der Waals surface area contributed by atoms with Gasteiger partial charge in [-0.05, 0) is 5.56 Å². The highest BCUT2D eigenvalue weighted by Gasteiger charge is 2.29. The van der Waals surface area contributed by atoms with Crippen molar-refractivity contribution in [3.63, 3.8) is 0 Å². The Morgan fingerprint density at radius 2 is 2.14 bits per heavy atom. The zero-order valence-electron chi connectivity index (χ0n) is 11.8. The lowest BCUT2D eigenvalue weighted by atomic mass is 9.95. The third-order valence-electron chi connectivity index (χ3n) is 3.60. The molecule has 1 saturated heterocycles. The molecule has 2 unspecified atom stereocenters. The fourth-order valence-electron chi connectivity index (χ4n) is 2.38. The van der Waals surface area contributed by atoms with Crippen LogP contribution in [0.15, 0.2) is 43.0 Å². The van der Waals surface area contributed by atoms with Gasteiger partial charge in [-0.1, -0.05) is 36.4 Å². The maximum absolute atomic E-state index is 12.3. The van der Waals surface area contributed by atoms with Crippen molar-refractivity contribution in [2.45, 2.75) is 18.4 Å². The summed E-state index contributed by atoms with van der Waals surface area (Å²) < 4.78 is 5.12. The molecule has 0 bridgehead atoms. The topological polar surface area (TPSA) is 66.8 Å². The first kappa shape index (κ1) is 15.3. The number of amides is 1. The Morgan fingerprint density at radius 3 is 2.76 bits per heavy atom. The van der Waals surface area contributed by atoms with E-state index < -0.39 is 12.1 Å². The minimum atomic E-state index is -1.03. The van der Waals surface area contributed by atoms with Crippen LogP contribution in [0.25, 0.3) is 0 Å². The molecule has 1 amide bonds. The molecular formula is C16H19NO4. The number of morpholine rings is 1. The van der Waals surface area contributed by atoms with Crippen molar-refractivity contribution < 1.29 is 19.4 Å². The number of allylic oxidation sites excluding steroid dienone is 1. The summed E-state index contributed by atoms with van der Waals surface area (Å²) in [6, 6.07) is 9.68. The number of carbonyl (C=O) groups is 2. The van der Waals surface area contributed by atoms with Gasteiger partial charge in [0.1, 0.15) is 0 Å². The second-order valence-corrected chi connectivity index (χ2v) is 4.99. The van der Waals surface area contributed by atoms with Crippen LogP contribution in [0.1, 0.15) is 17.9 Å². The van der Waals surface area contributed by atoms with Crippen LogP contribution in [0, 0.1) is 0 Å². The number of benzene rings is 1. The summed E-state index contributed by atoms with van der Waals surface area (Å²) in [5.41, 5.74) is 1.03. The second-order valence-electron chi connectivity index (χ2n) is 4.99. The Bertz CT molecular complexity index is 514. The van der Waals surface area contributed by atoms with Gasteiger partial charge in [0.2, 0.25) is 5.91 Å². The number of carboxylic acid groups (broad SMARTS) is 1. The van der Waals surface area contributed by atoms with Gasteiger partial charge in [0, 0.05) is 18.9 Å². The molecule has 21 heavy (non-hydrogen) atoms. The average Bonchev–Trinajstić information content (AvgIpc) is 2.53. The molecule has 0 aliphatic carbocycles. The van der Waals surface area contributed by atoms with E-state index in [1.54, 1.807) is 11.0 Å². The van der Waals surface area contributed by atoms with Crippen LogP contribution in [0.4, 0.5) is 0 Å². The Labute approximate surface area is 123 Å². The normalized spacial score (nSPS) is 19.8. The summed E-state index contributed by atoms with van der Waals surface area (Å²) in [4.78, 5) is 24.8. The second kappa shape index (κ2) is 7.04. The molecule has 1 heterocycles. The number of hydrogen-bond donors (Lipinski definition) is 1. The minimum absolute atomic E-state index is 0.0650. The summed E-state index contributed by atoms with van der Waals surface area (Å²) in [6.07, 6.45) is 1.11. The van der Waals surface area contributed by atoms with Crippen LogP contribution in [0.2, 0.25) is 0 Å². The van der Waals surface area contributed by atoms with Crippen LogP contribution in [0.5, 0.6) is 0 Å². The molecule has 112 valence electrons. The first-order chi connectivity index (χ1) is 10.1. The maximum atomic E-state index is 12.3. The first-order valence-electron chi connectivity index (χ1n) is 6.91. The fourth-order valence-corrected chi connectivity index (χ4v) is 2.38. The molecule has 5 heteroatoms. The number of ether oxygens (including phenoxy) is 1. The SMILES string of the molecule is C=CC(CC(=O)N1CCOC(C(=O)O)C1)c1ccccc1. The van der Waals surface area contributed by atoms with Crippen LogP contribution in [-0.2, 0) is 14.3 Å². The molecule has 0 radical (unpaired) electrons.